The molecule has 3 aromatic rings. The van der Waals surface area contributed by atoms with Crippen LogP contribution in [-0.2, 0) is 10.0 Å². The van der Waals surface area contributed by atoms with Gasteiger partial charge in [-0.2, -0.15) is 10.1 Å². The number of rotatable bonds is 11. The van der Waals surface area contributed by atoms with Crippen LogP contribution in [0.3, 0.4) is 0 Å². The van der Waals surface area contributed by atoms with Gasteiger partial charge in [-0.1, -0.05) is 38.8 Å². The third-order valence-electron chi connectivity index (χ3n) is 6.53. The summed E-state index contributed by atoms with van der Waals surface area (Å²) in [5.74, 6) is 0.578. The number of nitrogens with zero attached hydrogens (tertiary/aromatic N) is 4. The van der Waals surface area contributed by atoms with Gasteiger partial charge in [0.25, 0.3) is 0 Å². The Balaban J connectivity index is 1.67. The smallest absolute Gasteiger partial charge is 0.240 e. The van der Waals surface area contributed by atoms with Crippen molar-refractivity contribution in [2.24, 2.45) is 0 Å². The Kier molecular flexibility index (Phi) is 8.35. The predicted octanol–water partition coefficient (Wildman–Crippen LogP) is 4.26. The van der Waals surface area contributed by atoms with Gasteiger partial charge in [0.1, 0.15) is 5.69 Å². The van der Waals surface area contributed by atoms with E-state index in [9.17, 15) is 13.5 Å². The van der Waals surface area contributed by atoms with E-state index >= 15 is 0 Å². The fourth-order valence-electron chi connectivity index (χ4n) is 4.41. The molecule has 0 bridgehead atoms. The van der Waals surface area contributed by atoms with E-state index in [-0.39, 0.29) is 17.0 Å². The molecule has 190 valence electrons. The number of nitrogens with one attached hydrogen (secondary N) is 2. The summed E-state index contributed by atoms with van der Waals surface area (Å²) in [6.07, 6.45) is 8.54. The van der Waals surface area contributed by atoms with Crippen molar-refractivity contribution < 1.29 is 13.5 Å². The van der Waals surface area contributed by atoms with Gasteiger partial charge in [0.2, 0.25) is 16.0 Å². The van der Waals surface area contributed by atoms with Crippen LogP contribution in [0.1, 0.15) is 71.3 Å². The van der Waals surface area contributed by atoms with Crippen molar-refractivity contribution in [3.63, 3.8) is 0 Å². The highest BCUT2D eigenvalue weighted by molar-refractivity contribution is 7.89. The second-order valence-corrected chi connectivity index (χ2v) is 11.0. The minimum absolute atomic E-state index is 0.149. The number of sulfonamides is 1. The van der Waals surface area contributed by atoms with Crippen LogP contribution >= 0.6 is 0 Å². The lowest BCUT2D eigenvalue weighted by molar-refractivity contribution is 0.109. The van der Waals surface area contributed by atoms with E-state index in [1.165, 1.54) is 0 Å². The first kappa shape index (κ1) is 25.5. The van der Waals surface area contributed by atoms with Crippen molar-refractivity contribution in [2.45, 2.75) is 82.3 Å². The monoisotopic (exact) mass is 500 g/mol. The summed E-state index contributed by atoms with van der Waals surface area (Å²) in [6.45, 7) is 5.40. The third-order valence-corrected chi connectivity index (χ3v) is 8.01. The molecule has 9 nitrogen and oxygen atoms in total. The number of aliphatic hydroxyl groups is 1. The maximum absolute atomic E-state index is 12.6. The number of hydrogen-bond acceptors (Lipinski definition) is 7. The maximum Gasteiger partial charge on any atom is 0.240 e. The van der Waals surface area contributed by atoms with Crippen LogP contribution in [0.4, 0.5) is 5.95 Å². The molecule has 1 aliphatic rings. The van der Waals surface area contributed by atoms with Crippen molar-refractivity contribution in [1.29, 1.82) is 0 Å². The van der Waals surface area contributed by atoms with E-state index in [2.05, 4.69) is 21.9 Å². The SMILES string of the molecule is CCCCNc1ncc2c(-c3ccc(S(=O)(=O)NCCCC)cc3)nn([C@H]3CC[C@H](O)CC3)c2n1. The molecular weight excluding hydrogens is 464 g/mol. The average Bonchev–Trinajstić information content (AvgIpc) is 3.24. The van der Waals surface area contributed by atoms with Crippen LogP contribution in [0.15, 0.2) is 35.4 Å². The molecule has 0 radical (unpaired) electrons. The molecule has 0 atom stereocenters. The highest BCUT2D eigenvalue weighted by Gasteiger charge is 2.26. The van der Waals surface area contributed by atoms with Crippen LogP contribution in [0.2, 0.25) is 0 Å². The summed E-state index contributed by atoms with van der Waals surface area (Å²) in [4.78, 5) is 9.55. The number of hydrogen-bond donors (Lipinski definition) is 3. The number of fused-ring (bicyclic) bond motifs is 1. The molecule has 0 saturated heterocycles. The quantitative estimate of drug-likeness (QED) is 0.336. The lowest BCUT2D eigenvalue weighted by Gasteiger charge is -2.25. The van der Waals surface area contributed by atoms with E-state index in [1.54, 1.807) is 30.5 Å². The molecule has 1 aliphatic carbocycles. The molecule has 3 N–H and O–H groups in total. The van der Waals surface area contributed by atoms with E-state index in [0.717, 1.165) is 80.2 Å². The number of unbranched alkanes of at least 4 members (excludes halogenated alkanes) is 2. The zero-order valence-corrected chi connectivity index (χ0v) is 21.4. The summed E-state index contributed by atoms with van der Waals surface area (Å²) in [7, 11) is -3.54. The van der Waals surface area contributed by atoms with Crippen LogP contribution in [-0.4, -0.2) is 52.5 Å². The number of anilines is 1. The first-order valence-corrected chi connectivity index (χ1v) is 14.2. The van der Waals surface area contributed by atoms with Crippen molar-refractivity contribution in [1.82, 2.24) is 24.5 Å². The molecule has 2 heterocycles. The largest absolute Gasteiger partial charge is 0.393 e. The molecule has 1 aromatic carbocycles. The zero-order valence-electron chi connectivity index (χ0n) is 20.6. The topological polar surface area (TPSA) is 122 Å². The van der Waals surface area contributed by atoms with Gasteiger partial charge in [-0.15, -0.1) is 0 Å². The summed E-state index contributed by atoms with van der Waals surface area (Å²) in [5.41, 5.74) is 2.30. The van der Waals surface area contributed by atoms with Gasteiger partial charge in [-0.3, -0.25) is 0 Å². The fraction of sp³-hybridized carbons (Fsp3) is 0.560. The minimum Gasteiger partial charge on any atom is -0.393 e. The lowest BCUT2D eigenvalue weighted by atomic mass is 9.93. The predicted molar refractivity (Wildman–Crippen MR) is 138 cm³/mol. The van der Waals surface area contributed by atoms with Gasteiger partial charge in [0, 0.05) is 24.8 Å². The van der Waals surface area contributed by atoms with Crippen molar-refractivity contribution in [3.8, 4) is 11.3 Å². The summed E-state index contributed by atoms with van der Waals surface area (Å²) < 4.78 is 29.8. The Bertz CT molecular complexity index is 1220. The van der Waals surface area contributed by atoms with E-state index in [1.807, 2.05) is 11.6 Å². The summed E-state index contributed by atoms with van der Waals surface area (Å²) in [5, 5.41) is 19.0. The first-order chi connectivity index (χ1) is 16.9. The molecule has 35 heavy (non-hydrogen) atoms. The fourth-order valence-corrected chi connectivity index (χ4v) is 5.49. The molecule has 1 saturated carbocycles. The number of aromatic nitrogens is 4. The zero-order chi connectivity index (χ0) is 24.8. The second-order valence-electron chi connectivity index (χ2n) is 9.24. The average molecular weight is 501 g/mol. The molecule has 0 spiro atoms. The van der Waals surface area contributed by atoms with E-state index in [0.29, 0.717) is 12.5 Å². The molecular formula is C25H36N6O3S. The van der Waals surface area contributed by atoms with Gasteiger partial charge in [0.15, 0.2) is 5.65 Å². The Hall–Kier alpha value is -2.56. The Morgan fingerprint density at radius 2 is 1.71 bits per heavy atom. The first-order valence-electron chi connectivity index (χ1n) is 12.7. The molecule has 0 amide bonds. The third kappa shape index (κ3) is 5.99. The van der Waals surface area contributed by atoms with Crippen LogP contribution in [0.25, 0.3) is 22.3 Å². The van der Waals surface area contributed by atoms with Gasteiger partial charge in [-0.25, -0.2) is 22.8 Å². The van der Waals surface area contributed by atoms with Crippen molar-refractivity contribution in [3.05, 3.63) is 30.5 Å². The normalized spacial score (nSPS) is 18.7. The Labute approximate surface area is 207 Å². The molecule has 2 aromatic heterocycles. The summed E-state index contributed by atoms with van der Waals surface area (Å²) >= 11 is 0. The number of aliphatic hydroxyl groups excluding tert-OH is 1. The van der Waals surface area contributed by atoms with Gasteiger partial charge in [-0.05, 0) is 50.7 Å². The lowest BCUT2D eigenvalue weighted by Crippen LogP contribution is -2.24. The molecule has 0 aliphatic heterocycles. The minimum atomic E-state index is -3.54. The van der Waals surface area contributed by atoms with Gasteiger partial charge >= 0.3 is 0 Å². The maximum atomic E-state index is 12.6. The highest BCUT2D eigenvalue weighted by atomic mass is 32.2. The van der Waals surface area contributed by atoms with Crippen molar-refractivity contribution >= 4 is 27.0 Å². The van der Waals surface area contributed by atoms with Gasteiger partial charge < -0.3 is 10.4 Å². The number of benzene rings is 1. The van der Waals surface area contributed by atoms with Gasteiger partial charge in [0.05, 0.1) is 22.4 Å². The van der Waals surface area contributed by atoms with E-state index < -0.39 is 10.0 Å². The molecule has 0 unspecified atom stereocenters. The van der Waals surface area contributed by atoms with Crippen LogP contribution < -0.4 is 10.0 Å². The second kappa shape index (κ2) is 11.5. The molecule has 1 fully saturated rings. The molecule has 10 heteroatoms. The Morgan fingerprint density at radius 1 is 1.03 bits per heavy atom. The van der Waals surface area contributed by atoms with Crippen LogP contribution in [0.5, 0.6) is 0 Å². The van der Waals surface area contributed by atoms with Crippen LogP contribution in [0, 0.1) is 0 Å². The van der Waals surface area contributed by atoms with E-state index in [4.69, 9.17) is 10.1 Å². The highest BCUT2D eigenvalue weighted by Crippen LogP contribution is 2.34. The molecule has 4 rings (SSSR count). The van der Waals surface area contributed by atoms with Crippen molar-refractivity contribution in [2.75, 3.05) is 18.4 Å². The standard InChI is InChI=1S/C25H36N6O3S/c1-3-5-15-26-25-27-17-22-23(30-31(24(22)29-25)19-9-11-20(32)12-10-19)18-7-13-21(14-8-18)35(33,34)28-16-6-4-2/h7-8,13-14,17,19-20,28,32H,3-6,9-12,15-16H2,1-2H3,(H,26,27,29)/t19-,20-. The summed E-state index contributed by atoms with van der Waals surface area (Å²) in [6, 6.07) is 6.97. The Morgan fingerprint density at radius 3 is 2.40 bits per heavy atom.